The summed E-state index contributed by atoms with van der Waals surface area (Å²) in [6.45, 7) is -3.58. The van der Waals surface area contributed by atoms with Crippen molar-refractivity contribution in [3.05, 3.63) is 46.0 Å². The molecule has 6 aromatic heterocycles. The molecule has 76 heavy (non-hydrogen) atoms. The second-order valence-electron chi connectivity index (χ2n) is 16.6. The van der Waals surface area contributed by atoms with Crippen molar-refractivity contribution >= 4 is 82.5 Å². The van der Waals surface area contributed by atoms with Crippen molar-refractivity contribution in [1.29, 1.82) is 0 Å². The van der Waals surface area contributed by atoms with Crippen LogP contribution in [0.25, 0.3) is 33.5 Å². The fourth-order valence-corrected chi connectivity index (χ4v) is 12.9. The highest BCUT2D eigenvalue weighted by Crippen LogP contribution is 2.68. The molecule has 6 aromatic rings. The molecular formula is C33H46N15O24P4+. The van der Waals surface area contributed by atoms with Crippen LogP contribution in [-0.2, 0) is 75.7 Å². The first-order valence-corrected chi connectivity index (χ1v) is 27.3. The van der Waals surface area contributed by atoms with Crippen molar-refractivity contribution in [3.8, 4) is 0 Å². The Morgan fingerprint density at radius 1 is 0.697 bits per heavy atom. The molecule has 3 aliphatic heterocycles. The van der Waals surface area contributed by atoms with Crippen molar-refractivity contribution in [2.24, 2.45) is 7.05 Å². The molecule has 0 aliphatic carbocycles. The third kappa shape index (κ3) is 11.0. The Morgan fingerprint density at radius 3 is 1.96 bits per heavy atom. The minimum atomic E-state index is -6.30. The SMILES string of the molecule is [2H]C([2H])([2H])O[C@@H]1C(O)[C@H]([n+]2cn(C)c3c(=O)[nH]c(N)nc32)O[C@@H]1COP(=O)(O)OP(=O)(O)OP(=O)(O)OC[C@H]1O[C@@H](n2cnc3c(N)ncnc32)[C@@H](OC)C1OP(=O)(O)OC[C@H]1O[C@@H](n2cnc3c(=O)[nH]c(N)nc32)[C@@H](O)C1O. The van der Waals surface area contributed by atoms with E-state index in [0.29, 0.717) is 0 Å². The summed E-state index contributed by atoms with van der Waals surface area (Å²) in [6.07, 6.45) is -16.6. The van der Waals surface area contributed by atoms with Crippen LogP contribution in [0.4, 0.5) is 17.7 Å². The molecule has 3 saturated heterocycles. The van der Waals surface area contributed by atoms with Gasteiger partial charge in [0.15, 0.2) is 41.4 Å². The van der Waals surface area contributed by atoms with E-state index in [2.05, 4.69) is 48.5 Å². The van der Waals surface area contributed by atoms with E-state index in [-0.39, 0.29) is 51.2 Å². The summed E-state index contributed by atoms with van der Waals surface area (Å²) in [5.74, 6) is -0.796. The van der Waals surface area contributed by atoms with Crippen molar-refractivity contribution in [3.63, 3.8) is 0 Å². The number of fused-ring (bicyclic) bond motifs is 3. The molecule has 9 rings (SSSR count). The van der Waals surface area contributed by atoms with Crippen molar-refractivity contribution < 1.29 is 112 Å². The lowest BCUT2D eigenvalue weighted by molar-refractivity contribution is -0.745. The van der Waals surface area contributed by atoms with E-state index in [1.165, 1.54) is 22.5 Å². The van der Waals surface area contributed by atoms with Crippen LogP contribution in [0.2, 0.25) is 0 Å². The standard InChI is InChI=1S/C33H45N15O24P4/c1-45-10-48(26-16(45)28(53)44-33(36)42-26)30-19(51)20(62-2)12(68-30)5-65-74(56,57)71-76(60,61)72-75(58,59)66-6-13-21(22(63-3)31(69-13)46-8-39-14-23(34)37-7-38-24(14)46)70-73(54,55)64-4-11-17(49)18(50)29(67-11)47-9-40-15-25(47)41-32(35)43-27(15)52/h7-13,17-22,29-31,49-51H,4-6H2,1-3H3,(H11-,34,35,36,37,38,41,42,43,44,52,53,54,55,56,57,58,59,60,61)/p+1/t11-,12-,13-,17?,18+,19?,20+,21?,22+,29-,30-,31-/m1/s1/i2D3. The van der Waals surface area contributed by atoms with Gasteiger partial charge in [-0.1, -0.05) is 4.98 Å². The second-order valence-corrected chi connectivity index (χ2v) is 22.6. The monoisotopic (exact) mass is 1160 g/mol. The van der Waals surface area contributed by atoms with Crippen LogP contribution in [-0.4, -0.2) is 177 Å². The molecule has 9 heterocycles. The van der Waals surface area contributed by atoms with E-state index >= 15 is 0 Å². The molecule has 39 nitrogen and oxygen atoms in total. The summed E-state index contributed by atoms with van der Waals surface area (Å²) in [6, 6.07) is 0. The number of methoxy groups -OCH3 is 2. The Labute approximate surface area is 425 Å². The van der Waals surface area contributed by atoms with Crippen LogP contribution in [0.15, 0.2) is 34.9 Å². The maximum atomic E-state index is 13.7. The van der Waals surface area contributed by atoms with Crippen molar-refractivity contribution in [2.45, 2.75) is 73.6 Å². The normalized spacial score (nSPS) is 31.0. The molecule has 7 unspecified atom stereocenters. The predicted molar refractivity (Wildman–Crippen MR) is 244 cm³/mol. The molecule has 416 valence electrons. The van der Waals surface area contributed by atoms with Gasteiger partial charge < -0.3 is 75.8 Å². The Morgan fingerprint density at radius 2 is 1.29 bits per heavy atom. The summed E-state index contributed by atoms with van der Waals surface area (Å²) >= 11 is 0. The van der Waals surface area contributed by atoms with Crippen LogP contribution in [0, 0.1) is 0 Å². The second kappa shape index (κ2) is 20.9. The Hall–Kier alpha value is -5.15. The number of aryl methyl sites for hydroxylation is 1. The van der Waals surface area contributed by atoms with Gasteiger partial charge in [0.2, 0.25) is 17.7 Å². The highest BCUT2D eigenvalue weighted by atomic mass is 31.3. The van der Waals surface area contributed by atoms with Gasteiger partial charge in [-0.05, 0) is 0 Å². The quantitative estimate of drug-likeness (QED) is 0.0256. The summed E-state index contributed by atoms with van der Waals surface area (Å²) in [5, 5.41) is 33.0. The number of aliphatic hydroxyl groups is 3. The number of nitrogens with two attached hydrogens (primary N) is 3. The lowest BCUT2D eigenvalue weighted by Gasteiger charge is -2.26. The van der Waals surface area contributed by atoms with Gasteiger partial charge in [0, 0.05) is 14.1 Å². The number of H-pyrrole nitrogens is 2. The van der Waals surface area contributed by atoms with Gasteiger partial charge in [0.25, 0.3) is 17.1 Å². The molecule has 3 aliphatic rings. The van der Waals surface area contributed by atoms with Gasteiger partial charge in [-0.15, -0.1) is 0 Å². The minimum Gasteiger partial charge on any atom is -0.387 e. The smallest absolute Gasteiger partial charge is 0.387 e. The number of aliphatic hydroxyl groups excluding tert-OH is 3. The van der Waals surface area contributed by atoms with Crippen LogP contribution < -0.4 is 32.9 Å². The summed E-state index contributed by atoms with van der Waals surface area (Å²) in [4.78, 5) is 96.1. The van der Waals surface area contributed by atoms with E-state index in [0.717, 1.165) is 35.2 Å². The number of phosphoric acid groups is 4. The van der Waals surface area contributed by atoms with Crippen molar-refractivity contribution in [1.82, 2.24) is 53.6 Å². The van der Waals surface area contributed by atoms with Gasteiger partial charge in [0.05, 0.1) is 43.6 Å². The fraction of sp³-hybridized carbons (Fsp3) is 0.545. The Bertz CT molecular complexity index is 3610. The van der Waals surface area contributed by atoms with Gasteiger partial charge in [-0.3, -0.25) is 51.4 Å². The molecule has 0 bridgehead atoms. The topological polar surface area (TPSA) is 551 Å². The van der Waals surface area contributed by atoms with Crippen LogP contribution in [0.1, 0.15) is 22.8 Å². The Balaban J connectivity index is 0.877. The maximum Gasteiger partial charge on any atom is 0.490 e. The zero-order valence-corrected chi connectivity index (χ0v) is 42.0. The number of anilines is 3. The van der Waals surface area contributed by atoms with E-state index in [1.54, 1.807) is 0 Å². The number of rotatable bonds is 20. The lowest BCUT2D eigenvalue weighted by atomic mass is 10.1. The average Bonchev–Trinajstić information content (AvgIpc) is 4.34. The number of aromatic nitrogens is 12. The number of nitrogen functional groups attached to an aromatic ring is 3. The lowest BCUT2D eigenvalue weighted by Crippen LogP contribution is -2.46. The molecule has 15 N–H and O–H groups in total. The number of aromatic amines is 2. The van der Waals surface area contributed by atoms with E-state index < -0.39 is 143 Å². The van der Waals surface area contributed by atoms with Gasteiger partial charge >= 0.3 is 36.9 Å². The molecule has 0 amide bonds. The minimum absolute atomic E-state index is 0.0117. The largest absolute Gasteiger partial charge is 0.490 e. The number of hydrogen-bond donors (Lipinski definition) is 12. The van der Waals surface area contributed by atoms with E-state index in [4.69, 9.17) is 63.1 Å². The number of nitrogens with one attached hydrogen (secondary N) is 2. The number of hydrogen-bond acceptors (Lipinski definition) is 29. The highest BCUT2D eigenvalue weighted by molar-refractivity contribution is 7.66. The molecule has 0 radical (unpaired) electrons. The Kier molecular flexibility index (Phi) is 14.2. The predicted octanol–water partition coefficient (Wildman–Crippen LogP) is -4.06. The maximum absolute atomic E-state index is 13.7. The van der Waals surface area contributed by atoms with Gasteiger partial charge in [0.1, 0.15) is 66.8 Å². The van der Waals surface area contributed by atoms with Crippen LogP contribution in [0.3, 0.4) is 0 Å². The first-order valence-electron chi connectivity index (χ1n) is 22.8. The molecule has 0 aromatic carbocycles. The van der Waals surface area contributed by atoms with Gasteiger partial charge in [-0.25, -0.2) is 42.8 Å². The number of nitrogens with zero attached hydrogens (tertiary/aromatic N) is 10. The first-order chi connectivity index (χ1) is 36.8. The fourth-order valence-electron chi connectivity index (χ4n) is 8.42. The first kappa shape index (κ1) is 51.6. The molecule has 16 atom stereocenters. The molecule has 0 saturated carbocycles. The third-order valence-corrected chi connectivity index (χ3v) is 16.9. The molecule has 3 fully saturated rings. The average molecular weight is 1160 g/mol. The van der Waals surface area contributed by atoms with Gasteiger partial charge in [-0.2, -0.15) is 13.6 Å². The summed E-state index contributed by atoms with van der Waals surface area (Å²) in [5.41, 5.74) is 15.2. The van der Waals surface area contributed by atoms with Crippen molar-refractivity contribution in [2.75, 3.05) is 51.2 Å². The molecule has 43 heteroatoms. The number of imidazole rings is 3. The highest BCUT2D eigenvalue weighted by Gasteiger charge is 2.54. The van der Waals surface area contributed by atoms with Crippen LogP contribution >= 0.6 is 31.3 Å². The summed E-state index contributed by atoms with van der Waals surface area (Å²) < 4.78 is 137. The van der Waals surface area contributed by atoms with E-state index in [1.807, 2.05) is 0 Å². The van der Waals surface area contributed by atoms with E-state index in [9.17, 15) is 62.7 Å². The molecular weight excluding hydrogens is 1110 g/mol. The number of phosphoric ester groups is 3. The zero-order chi connectivity index (χ0) is 57.5. The number of ether oxygens (including phenoxy) is 5. The molecule has 0 spiro atoms. The zero-order valence-electron chi connectivity index (χ0n) is 41.4. The van der Waals surface area contributed by atoms with Crippen LogP contribution in [0.5, 0.6) is 0 Å². The third-order valence-electron chi connectivity index (χ3n) is 11.7. The summed E-state index contributed by atoms with van der Waals surface area (Å²) in [7, 11) is -24.6.